The Balaban J connectivity index is 2.12. The number of nitrogens with zero attached hydrogens (tertiary/aromatic N) is 2. The molecule has 0 bridgehead atoms. The van der Waals surface area contributed by atoms with Crippen LogP contribution in [0.5, 0.6) is 0 Å². The van der Waals surface area contributed by atoms with Crippen molar-refractivity contribution in [3.05, 3.63) is 29.0 Å². The van der Waals surface area contributed by atoms with Crippen molar-refractivity contribution in [3.63, 3.8) is 0 Å². The van der Waals surface area contributed by atoms with Crippen molar-refractivity contribution < 1.29 is 9.52 Å². The number of pyridine rings is 1. The number of nitrogens with one attached hydrogen (secondary N) is 2. The van der Waals surface area contributed by atoms with E-state index in [1.54, 1.807) is 12.4 Å². The van der Waals surface area contributed by atoms with Crippen molar-refractivity contribution in [1.29, 1.82) is 0 Å². The average molecular weight is 389 g/mol. The zero-order valence-electron chi connectivity index (χ0n) is 16.8. The lowest BCUT2D eigenvalue weighted by Gasteiger charge is -2.33. The summed E-state index contributed by atoms with van der Waals surface area (Å²) in [7, 11) is 0. The minimum absolute atomic E-state index is 0.110. The molecule has 6 nitrogen and oxygen atoms in total. The van der Waals surface area contributed by atoms with E-state index in [0.29, 0.717) is 11.5 Å². The molecule has 27 heavy (non-hydrogen) atoms. The zero-order valence-corrected chi connectivity index (χ0v) is 17.6. The van der Waals surface area contributed by atoms with E-state index in [4.69, 9.17) is 4.42 Å². The molecule has 3 rings (SSSR count). The van der Waals surface area contributed by atoms with Gasteiger partial charge in [-0.25, -0.2) is 4.98 Å². The Hall–Kier alpha value is -2.12. The van der Waals surface area contributed by atoms with Gasteiger partial charge >= 0.3 is 0 Å². The molecule has 0 unspecified atom stereocenters. The molecule has 146 valence electrons. The van der Waals surface area contributed by atoms with E-state index in [1.807, 2.05) is 12.3 Å². The molecule has 3 N–H and O–H groups in total. The molecule has 3 aromatic heterocycles. The molecule has 0 atom stereocenters. The van der Waals surface area contributed by atoms with Crippen molar-refractivity contribution in [2.75, 3.05) is 10.6 Å². The van der Waals surface area contributed by atoms with Crippen LogP contribution in [0.1, 0.15) is 52.3 Å². The third kappa shape index (κ3) is 4.42. The molecule has 7 heteroatoms. The molecule has 0 saturated heterocycles. The van der Waals surface area contributed by atoms with E-state index in [2.05, 4.69) is 55.2 Å². The first-order chi connectivity index (χ1) is 12.6. The number of anilines is 3. The van der Waals surface area contributed by atoms with Crippen LogP contribution in [0.4, 0.5) is 16.7 Å². The Kier molecular flexibility index (Phi) is 5.18. The molecule has 0 fully saturated rings. The number of aryl methyl sites for hydroxylation is 1. The lowest BCUT2D eigenvalue weighted by Crippen LogP contribution is -2.35. The second-order valence-corrected chi connectivity index (χ2v) is 9.64. The Labute approximate surface area is 164 Å². The number of hydrogen-bond donors (Lipinski definition) is 3. The molecule has 0 aliphatic rings. The highest BCUT2D eigenvalue weighted by Crippen LogP contribution is 2.42. The van der Waals surface area contributed by atoms with Crippen molar-refractivity contribution >= 4 is 39.0 Å². The van der Waals surface area contributed by atoms with Crippen LogP contribution in [0, 0.1) is 12.3 Å². The molecule has 0 amide bonds. The molecular weight excluding hydrogens is 360 g/mol. The molecule has 0 saturated carbocycles. The normalized spacial score (nSPS) is 12.6. The third-order valence-electron chi connectivity index (χ3n) is 4.23. The molecule has 3 aromatic rings. The lowest BCUT2D eigenvalue weighted by atomic mass is 9.82. The van der Waals surface area contributed by atoms with Crippen molar-refractivity contribution in [1.82, 2.24) is 9.97 Å². The van der Waals surface area contributed by atoms with Crippen molar-refractivity contribution in [2.24, 2.45) is 5.41 Å². The van der Waals surface area contributed by atoms with Gasteiger partial charge in [-0.3, -0.25) is 4.98 Å². The van der Waals surface area contributed by atoms with Gasteiger partial charge in [-0.2, -0.15) is 0 Å². The van der Waals surface area contributed by atoms with Crippen LogP contribution in [0.2, 0.25) is 0 Å². The van der Waals surface area contributed by atoms with Crippen molar-refractivity contribution in [3.8, 4) is 0 Å². The van der Waals surface area contributed by atoms with Crippen molar-refractivity contribution in [2.45, 2.75) is 60.1 Å². The van der Waals surface area contributed by atoms with Crippen LogP contribution in [0.15, 0.2) is 22.2 Å². The molecule has 0 spiro atoms. The zero-order chi connectivity index (χ0) is 19.8. The summed E-state index contributed by atoms with van der Waals surface area (Å²) in [6.07, 6.45) is 4.41. The molecule has 0 aliphatic heterocycles. The summed E-state index contributed by atoms with van der Waals surface area (Å²) in [5.74, 6) is 0.639. The van der Waals surface area contributed by atoms with E-state index < -0.39 is 0 Å². The first-order valence-corrected chi connectivity index (χ1v) is 9.94. The van der Waals surface area contributed by atoms with Gasteiger partial charge in [-0.15, -0.1) is 11.3 Å². The molecule has 3 heterocycles. The lowest BCUT2D eigenvalue weighted by molar-refractivity contribution is 0.283. The van der Waals surface area contributed by atoms with Gasteiger partial charge in [0.25, 0.3) is 0 Å². The van der Waals surface area contributed by atoms with E-state index in [1.165, 1.54) is 11.3 Å². The number of thiazole rings is 1. The first kappa shape index (κ1) is 19.6. The van der Waals surface area contributed by atoms with Crippen LogP contribution in [0.3, 0.4) is 0 Å². The first-order valence-electron chi connectivity index (χ1n) is 9.06. The summed E-state index contributed by atoms with van der Waals surface area (Å²) in [4.78, 5) is 8.70. The third-order valence-corrected chi connectivity index (χ3v) is 4.92. The fourth-order valence-corrected chi connectivity index (χ4v) is 4.22. The van der Waals surface area contributed by atoms with Crippen LogP contribution >= 0.6 is 11.3 Å². The number of fused-ring (bicyclic) bond motifs is 1. The standard InChI is InChI=1S/C20H28N4O2S/c1-12-16-14(13(10-25)9-22-12)15(23-18-21-7-8-27-18)17(26-16)24-20(5,6)11-19(2,3)4/h7-9,24-25H,10-11H2,1-6H3,(H,21,23). The summed E-state index contributed by atoms with van der Waals surface area (Å²) >= 11 is 1.51. The summed E-state index contributed by atoms with van der Waals surface area (Å²) in [5.41, 5.74) is 2.95. The maximum atomic E-state index is 9.83. The molecule has 0 radical (unpaired) electrons. The van der Waals surface area contributed by atoms with Gasteiger partial charge in [0.1, 0.15) is 5.69 Å². The highest BCUT2D eigenvalue weighted by atomic mass is 32.1. The molecule has 0 aliphatic carbocycles. The summed E-state index contributed by atoms with van der Waals surface area (Å²) < 4.78 is 6.20. The maximum absolute atomic E-state index is 9.83. The van der Waals surface area contributed by atoms with Gasteiger partial charge in [0.05, 0.1) is 17.7 Å². The number of furan rings is 1. The Morgan fingerprint density at radius 2 is 1.93 bits per heavy atom. The van der Waals surface area contributed by atoms with Crippen LogP contribution < -0.4 is 10.6 Å². The fraction of sp³-hybridized carbons (Fsp3) is 0.500. The SMILES string of the molecule is Cc1ncc(CO)c2c(Nc3nccs3)c(NC(C)(C)CC(C)(C)C)oc12. The van der Waals surface area contributed by atoms with E-state index >= 15 is 0 Å². The van der Waals surface area contributed by atoms with Gasteiger partial charge in [0, 0.05) is 28.9 Å². The highest BCUT2D eigenvalue weighted by Gasteiger charge is 2.29. The van der Waals surface area contributed by atoms with Gasteiger partial charge in [0.15, 0.2) is 10.7 Å². The summed E-state index contributed by atoms with van der Waals surface area (Å²) in [6.45, 7) is 12.8. The van der Waals surface area contributed by atoms with Gasteiger partial charge < -0.3 is 20.2 Å². The Bertz CT molecular complexity index is 924. The van der Waals surface area contributed by atoms with Gasteiger partial charge in [-0.1, -0.05) is 20.8 Å². The quantitative estimate of drug-likeness (QED) is 0.520. The van der Waals surface area contributed by atoms with Crippen LogP contribution in [-0.2, 0) is 6.61 Å². The Morgan fingerprint density at radius 1 is 1.19 bits per heavy atom. The van der Waals surface area contributed by atoms with Gasteiger partial charge in [0.2, 0.25) is 5.88 Å². The van der Waals surface area contributed by atoms with Crippen LogP contribution in [-0.4, -0.2) is 20.6 Å². The average Bonchev–Trinajstić information content (AvgIpc) is 3.15. The van der Waals surface area contributed by atoms with E-state index in [0.717, 1.165) is 33.9 Å². The minimum Gasteiger partial charge on any atom is -0.436 e. The minimum atomic E-state index is -0.188. The van der Waals surface area contributed by atoms with Gasteiger partial charge in [-0.05, 0) is 32.6 Å². The van der Waals surface area contributed by atoms with E-state index in [9.17, 15) is 5.11 Å². The fourth-order valence-electron chi connectivity index (χ4n) is 3.69. The number of rotatable bonds is 6. The predicted octanol–water partition coefficient (Wildman–Crippen LogP) is 5.46. The number of hydrogen-bond acceptors (Lipinski definition) is 7. The molecular formula is C20H28N4O2S. The highest BCUT2D eigenvalue weighted by molar-refractivity contribution is 7.13. The largest absolute Gasteiger partial charge is 0.436 e. The second-order valence-electron chi connectivity index (χ2n) is 8.75. The second kappa shape index (κ2) is 7.13. The smallest absolute Gasteiger partial charge is 0.218 e. The monoisotopic (exact) mass is 388 g/mol. The number of aliphatic hydroxyl groups excluding tert-OH is 1. The van der Waals surface area contributed by atoms with Crippen LogP contribution in [0.25, 0.3) is 11.0 Å². The predicted molar refractivity (Wildman–Crippen MR) is 112 cm³/mol. The number of aromatic nitrogens is 2. The number of aliphatic hydroxyl groups is 1. The topological polar surface area (TPSA) is 83.2 Å². The summed E-state index contributed by atoms with van der Waals surface area (Å²) in [6, 6.07) is 0. The maximum Gasteiger partial charge on any atom is 0.218 e. The Morgan fingerprint density at radius 3 is 2.52 bits per heavy atom. The molecule has 0 aromatic carbocycles. The summed E-state index contributed by atoms with van der Waals surface area (Å²) in [5, 5.41) is 20.3. The van der Waals surface area contributed by atoms with E-state index in [-0.39, 0.29) is 17.6 Å².